The third-order valence-corrected chi connectivity index (χ3v) is 1.28. The molecule has 1 aromatic carbocycles. The third-order valence-electron chi connectivity index (χ3n) is 1.28. The second-order valence-electron chi connectivity index (χ2n) is 1.96. The first kappa shape index (κ1) is 6.89. The van der Waals surface area contributed by atoms with Gasteiger partial charge in [-0.05, 0) is 22.9 Å². The molecule has 0 aliphatic heterocycles. The summed E-state index contributed by atoms with van der Waals surface area (Å²) in [5.41, 5.74) is 6.78. The molecule has 2 N–H and O–H groups in total. The topological polar surface area (TPSA) is 55.4 Å². The van der Waals surface area contributed by atoms with Crippen molar-refractivity contribution in [1.82, 2.24) is 0 Å². The molecule has 3 heteroatoms. The Hall–Kier alpha value is -1.22. The summed E-state index contributed by atoms with van der Waals surface area (Å²) in [6, 6.07) is 6.87. The Bertz CT molecular complexity index is 218. The highest BCUT2D eigenvalue weighted by atomic mass is 16.3. The Labute approximate surface area is 58.8 Å². The maximum Gasteiger partial charge on any atom is 0.108 e. The summed E-state index contributed by atoms with van der Waals surface area (Å²) in [5.74, 6) is 0. The number of nitrogens with two attached hydrogens (primary N) is 1. The first-order chi connectivity index (χ1) is 4.86. The maximum absolute atomic E-state index is 9.92. The van der Waals surface area contributed by atoms with Gasteiger partial charge in [0.25, 0.3) is 0 Å². The van der Waals surface area contributed by atoms with Crippen molar-refractivity contribution in [2.75, 3.05) is 0 Å². The average molecular weight is 136 g/mol. The van der Waals surface area contributed by atoms with Crippen LogP contribution >= 0.6 is 0 Å². The van der Waals surface area contributed by atoms with Gasteiger partial charge in [0, 0.05) is 6.54 Å². The van der Waals surface area contributed by atoms with E-state index in [1.54, 1.807) is 24.3 Å². The lowest BCUT2D eigenvalue weighted by Gasteiger charge is -1.93. The average Bonchev–Trinajstić information content (AvgIpc) is 2.05. The standard InChI is InChI=1S/C7H8N2O/c8-5-6-1-3-7(9-10)4-2-6/h1-4H,5,8H2. The van der Waals surface area contributed by atoms with Crippen LogP contribution in [0.4, 0.5) is 5.69 Å². The Morgan fingerprint density at radius 1 is 1.30 bits per heavy atom. The van der Waals surface area contributed by atoms with E-state index in [1.807, 2.05) is 0 Å². The van der Waals surface area contributed by atoms with Crippen molar-refractivity contribution in [3.63, 3.8) is 0 Å². The summed E-state index contributed by atoms with van der Waals surface area (Å²) in [5, 5.41) is 2.76. The predicted molar refractivity (Wildman–Crippen MR) is 39.8 cm³/mol. The van der Waals surface area contributed by atoms with Crippen molar-refractivity contribution in [2.24, 2.45) is 10.9 Å². The third kappa shape index (κ3) is 1.39. The fraction of sp³-hybridized carbons (Fsp3) is 0.143. The molecule has 3 nitrogen and oxygen atoms in total. The second-order valence-corrected chi connectivity index (χ2v) is 1.96. The minimum absolute atomic E-state index is 0.442. The van der Waals surface area contributed by atoms with Crippen LogP contribution in [0.5, 0.6) is 0 Å². The summed E-state index contributed by atoms with van der Waals surface area (Å²) in [6.07, 6.45) is 0. The lowest BCUT2D eigenvalue weighted by atomic mass is 10.2. The summed E-state index contributed by atoms with van der Waals surface area (Å²) in [7, 11) is 0. The lowest BCUT2D eigenvalue weighted by molar-refractivity contribution is 1.07. The van der Waals surface area contributed by atoms with Crippen LogP contribution in [0, 0.1) is 4.91 Å². The molecule has 0 fully saturated rings. The number of nitrogens with zero attached hydrogens (tertiary/aromatic N) is 1. The number of benzene rings is 1. The molecular weight excluding hydrogens is 128 g/mol. The van der Waals surface area contributed by atoms with E-state index in [1.165, 1.54) is 0 Å². The molecule has 0 aromatic heterocycles. The van der Waals surface area contributed by atoms with Crippen LogP contribution in [0.3, 0.4) is 0 Å². The van der Waals surface area contributed by atoms with Gasteiger partial charge in [-0.2, -0.15) is 0 Å². The molecule has 0 bridgehead atoms. The molecular formula is C7H8N2O. The predicted octanol–water partition coefficient (Wildman–Crippen LogP) is 1.54. The fourth-order valence-corrected chi connectivity index (χ4v) is 0.693. The van der Waals surface area contributed by atoms with Crippen molar-refractivity contribution >= 4 is 5.69 Å². The zero-order chi connectivity index (χ0) is 7.40. The first-order valence-electron chi connectivity index (χ1n) is 2.99. The van der Waals surface area contributed by atoms with E-state index in [-0.39, 0.29) is 0 Å². The van der Waals surface area contributed by atoms with Crippen LogP contribution < -0.4 is 5.73 Å². The molecule has 0 amide bonds. The zero-order valence-electron chi connectivity index (χ0n) is 5.45. The molecule has 1 aromatic rings. The SMILES string of the molecule is NCc1ccc(N=O)cc1. The first-order valence-corrected chi connectivity index (χ1v) is 2.99. The summed E-state index contributed by atoms with van der Waals surface area (Å²) in [4.78, 5) is 9.92. The van der Waals surface area contributed by atoms with Gasteiger partial charge in [-0.15, -0.1) is 4.91 Å². The van der Waals surface area contributed by atoms with Gasteiger partial charge in [0.05, 0.1) is 0 Å². The van der Waals surface area contributed by atoms with Crippen molar-refractivity contribution in [3.8, 4) is 0 Å². The number of nitroso groups, excluding NO2 is 1. The molecule has 0 atom stereocenters. The molecule has 0 saturated heterocycles. The monoisotopic (exact) mass is 136 g/mol. The van der Waals surface area contributed by atoms with Crippen LogP contribution in [0.2, 0.25) is 0 Å². The quantitative estimate of drug-likeness (QED) is 0.627. The summed E-state index contributed by atoms with van der Waals surface area (Å²) in [6.45, 7) is 0.499. The zero-order valence-corrected chi connectivity index (χ0v) is 5.45. The van der Waals surface area contributed by atoms with Crippen molar-refractivity contribution in [1.29, 1.82) is 0 Å². The second kappa shape index (κ2) is 3.08. The van der Waals surface area contributed by atoms with Gasteiger partial charge in [0.1, 0.15) is 5.69 Å². The molecule has 52 valence electrons. The van der Waals surface area contributed by atoms with E-state index in [0.717, 1.165) is 5.56 Å². The van der Waals surface area contributed by atoms with Gasteiger partial charge >= 0.3 is 0 Å². The Kier molecular flexibility index (Phi) is 2.12. The van der Waals surface area contributed by atoms with E-state index in [0.29, 0.717) is 12.2 Å². The van der Waals surface area contributed by atoms with Crippen LogP contribution in [0.1, 0.15) is 5.56 Å². The highest BCUT2D eigenvalue weighted by Gasteiger charge is 1.89. The number of rotatable bonds is 2. The molecule has 0 aliphatic carbocycles. The molecule has 0 radical (unpaired) electrons. The maximum atomic E-state index is 9.92. The van der Waals surface area contributed by atoms with Crippen LogP contribution in [-0.2, 0) is 6.54 Å². The summed E-state index contributed by atoms with van der Waals surface area (Å²) < 4.78 is 0. The van der Waals surface area contributed by atoms with Gasteiger partial charge < -0.3 is 5.73 Å². The number of hydrogen-bond acceptors (Lipinski definition) is 3. The van der Waals surface area contributed by atoms with E-state index in [2.05, 4.69) is 5.18 Å². The normalized spacial score (nSPS) is 9.30. The van der Waals surface area contributed by atoms with Gasteiger partial charge in [-0.1, -0.05) is 12.1 Å². The highest BCUT2D eigenvalue weighted by Crippen LogP contribution is 2.11. The van der Waals surface area contributed by atoms with Crippen LogP contribution in [0.15, 0.2) is 29.4 Å². The van der Waals surface area contributed by atoms with Crippen molar-refractivity contribution in [3.05, 3.63) is 34.7 Å². The molecule has 0 saturated carbocycles. The van der Waals surface area contributed by atoms with E-state index >= 15 is 0 Å². The van der Waals surface area contributed by atoms with Gasteiger partial charge in [-0.3, -0.25) is 0 Å². The van der Waals surface area contributed by atoms with Crippen molar-refractivity contribution in [2.45, 2.75) is 6.54 Å². The van der Waals surface area contributed by atoms with Crippen LogP contribution in [-0.4, -0.2) is 0 Å². The van der Waals surface area contributed by atoms with Gasteiger partial charge in [-0.25, -0.2) is 0 Å². The Balaban J connectivity index is 2.90. The van der Waals surface area contributed by atoms with Gasteiger partial charge in [0.15, 0.2) is 0 Å². The van der Waals surface area contributed by atoms with Crippen LogP contribution in [0.25, 0.3) is 0 Å². The Morgan fingerprint density at radius 3 is 2.30 bits per heavy atom. The van der Waals surface area contributed by atoms with E-state index in [4.69, 9.17) is 5.73 Å². The number of hydrogen-bond donors (Lipinski definition) is 1. The largest absolute Gasteiger partial charge is 0.326 e. The Morgan fingerprint density at radius 2 is 1.90 bits per heavy atom. The fourth-order valence-electron chi connectivity index (χ4n) is 0.693. The molecule has 0 spiro atoms. The van der Waals surface area contributed by atoms with Crippen molar-refractivity contribution < 1.29 is 0 Å². The molecule has 0 aliphatic rings. The smallest absolute Gasteiger partial charge is 0.108 e. The minimum atomic E-state index is 0.442. The lowest BCUT2D eigenvalue weighted by Crippen LogP contribution is -1.94. The molecule has 0 heterocycles. The van der Waals surface area contributed by atoms with Gasteiger partial charge in [0.2, 0.25) is 0 Å². The van der Waals surface area contributed by atoms with E-state index < -0.39 is 0 Å². The minimum Gasteiger partial charge on any atom is -0.326 e. The molecule has 1 rings (SSSR count). The summed E-state index contributed by atoms with van der Waals surface area (Å²) >= 11 is 0. The highest BCUT2D eigenvalue weighted by molar-refractivity contribution is 5.38. The molecule has 0 unspecified atom stereocenters. The van der Waals surface area contributed by atoms with E-state index in [9.17, 15) is 4.91 Å². The molecule has 10 heavy (non-hydrogen) atoms.